The Morgan fingerprint density at radius 1 is 0.345 bits per heavy atom. The Morgan fingerprint density at radius 3 is 0.679 bits per heavy atom. The number of hydrogen-bond acceptors (Lipinski definition) is 5. The van der Waals surface area contributed by atoms with E-state index in [1.807, 2.05) is 0 Å². The summed E-state index contributed by atoms with van der Waals surface area (Å²) < 4.78 is 366. The molecule has 0 heterocycles. The van der Waals surface area contributed by atoms with Crippen LogP contribution in [0.15, 0.2) is 36.4 Å². The molecule has 0 unspecified atom stereocenters. The minimum atomic E-state index is -7.22. The van der Waals surface area contributed by atoms with Crippen molar-refractivity contribution in [2.45, 2.75) is 110 Å². The van der Waals surface area contributed by atoms with Crippen molar-refractivity contribution in [3.63, 3.8) is 0 Å². The number of halogens is 23. The van der Waals surface area contributed by atoms with E-state index in [-0.39, 0.29) is 21.7 Å². The van der Waals surface area contributed by atoms with Crippen LogP contribution in [-0.4, -0.2) is 24.6 Å². The van der Waals surface area contributed by atoms with E-state index in [9.17, 15) is 65.9 Å². The predicted octanol–water partition coefficient (Wildman–Crippen LogP) is 14.1. The minimum Gasteiger partial charge on any atom is -0.741 e. The standard InChI is InChI=1S/C24BF20.2C14H22O.CHF3O3S.Zr/c26-5-1(6(27)14(35)21(42)13(5)34)25(2-7(28)15(36)22(43)16(37)8(2)29,3-9(30)17(38)23(44)18(39)10(3)31)4-11(32)19(40)24(45)20(41)12(4)33;2*1-13(2,3)10-7-8-11(12(15)9-10)14(4,5)6;2-1(3,4)8(5,6)7;/h;2*7-9,15H,1-6H3;(H,5,6,7);/q-1;;;;+4/p-3. The van der Waals surface area contributed by atoms with Crippen molar-refractivity contribution in [2.75, 3.05) is 0 Å². The van der Waals surface area contributed by atoms with Gasteiger partial charge in [-0.2, -0.15) is 13.2 Å². The van der Waals surface area contributed by atoms with Crippen molar-refractivity contribution in [1.29, 1.82) is 0 Å². The maximum atomic E-state index is 15.4. The maximum Gasteiger partial charge on any atom is 0.485 e. The molecule has 458 valence electrons. The molecular weight excluding hydrogens is 1290 g/mol. The molecule has 6 aromatic carbocycles. The normalized spacial score (nSPS) is 12.6. The fourth-order valence-electron chi connectivity index (χ4n) is 8.37. The van der Waals surface area contributed by atoms with Crippen LogP contribution in [0.3, 0.4) is 0 Å². The van der Waals surface area contributed by atoms with Crippen LogP contribution >= 0.6 is 0 Å². The van der Waals surface area contributed by atoms with Crippen LogP contribution in [0.1, 0.15) is 105 Å². The minimum absolute atomic E-state index is 0.0217. The van der Waals surface area contributed by atoms with Gasteiger partial charge in [0.05, 0.1) is 0 Å². The van der Waals surface area contributed by atoms with Gasteiger partial charge >= 0.3 is 210 Å². The van der Waals surface area contributed by atoms with E-state index >= 15 is 35.1 Å². The molecule has 0 radical (unpaired) electrons. The predicted molar refractivity (Wildman–Crippen MR) is 254 cm³/mol. The first-order valence-corrected chi connectivity index (χ1v) is 26.9. The quantitative estimate of drug-likeness (QED) is 0.0379. The Morgan fingerprint density at radius 2 is 0.524 bits per heavy atom. The van der Waals surface area contributed by atoms with E-state index < -0.39 is 184 Å². The van der Waals surface area contributed by atoms with Gasteiger partial charge in [-0.3, -0.25) is 0 Å². The first kappa shape index (κ1) is 70.7. The van der Waals surface area contributed by atoms with Gasteiger partial charge in [-0.05, 0) is 0 Å². The molecule has 0 spiro atoms. The smallest absolute Gasteiger partial charge is 0.485 e. The summed E-state index contributed by atoms with van der Waals surface area (Å²) >= 11 is -1.59. The number of alkyl halides is 3. The van der Waals surface area contributed by atoms with E-state index in [4.69, 9.17) is 18.6 Å². The van der Waals surface area contributed by atoms with Crippen molar-refractivity contribution < 1.29 is 144 Å². The van der Waals surface area contributed by atoms with Crippen LogP contribution in [0.5, 0.6) is 11.5 Å². The van der Waals surface area contributed by atoms with Gasteiger partial charge in [0.15, 0.2) is 79.9 Å². The second-order valence-electron chi connectivity index (χ2n) is 22.4. The summed E-state index contributed by atoms with van der Waals surface area (Å²) in [7, 11) is -6.09. The van der Waals surface area contributed by atoms with Gasteiger partial charge in [0.2, 0.25) is 0 Å². The average Bonchev–Trinajstić information content (AvgIpc) is 0.696. The Bertz CT molecular complexity index is 3210. The monoisotopic (exact) mass is 1330 g/mol. The summed E-state index contributed by atoms with van der Waals surface area (Å²) in [4.78, 5) is 0. The first-order valence-electron chi connectivity index (χ1n) is 23.5. The van der Waals surface area contributed by atoms with Gasteiger partial charge < -0.3 is 4.55 Å². The fraction of sp³-hybridized carbons (Fsp3) is 0.321. The van der Waals surface area contributed by atoms with E-state index in [0.29, 0.717) is 0 Å². The van der Waals surface area contributed by atoms with Crippen LogP contribution < -0.4 is 27.5 Å². The molecule has 0 N–H and O–H groups in total. The van der Waals surface area contributed by atoms with Gasteiger partial charge in [0.1, 0.15) is 52.7 Å². The molecule has 0 fully saturated rings. The summed E-state index contributed by atoms with van der Waals surface area (Å²) in [6, 6.07) is 13.4. The first-order chi connectivity index (χ1) is 37.9. The van der Waals surface area contributed by atoms with Gasteiger partial charge in [-0.25, -0.2) is 96.2 Å². The molecule has 0 aliphatic rings. The molecule has 84 heavy (non-hydrogen) atoms. The molecule has 0 amide bonds. The summed E-state index contributed by atoms with van der Waals surface area (Å²) in [5.74, 6) is -69.4. The summed E-state index contributed by atoms with van der Waals surface area (Å²) in [5, 5.41) is 0. The van der Waals surface area contributed by atoms with E-state index in [0.717, 1.165) is 11.5 Å². The third-order valence-corrected chi connectivity index (χ3v) is 14.7. The molecule has 0 atom stereocenters. The zero-order chi connectivity index (χ0) is 65.2. The van der Waals surface area contributed by atoms with E-state index in [1.54, 1.807) is 0 Å². The fourth-order valence-corrected chi connectivity index (χ4v) is 9.74. The van der Waals surface area contributed by atoms with Crippen molar-refractivity contribution in [3.05, 3.63) is 175 Å². The molecule has 0 aromatic heterocycles. The van der Waals surface area contributed by atoms with Gasteiger partial charge in [0, 0.05) is 0 Å². The average molecular weight is 1330 g/mol. The zero-order valence-corrected chi connectivity index (χ0v) is 48.5. The molecule has 0 bridgehead atoms. The number of hydrogen-bond donors (Lipinski definition) is 0. The molecule has 0 aliphatic carbocycles. The number of rotatable bonds is 8. The SMILES string of the molecule is CC(C)(C)c1ccc(C(C)(C)C)c([O][Zr+2][O]c2cc(C(C)(C)C)ccc2C(C)(C)C)c1.Fc1c(F)c(F)c([B-](c2c(F)c(F)c(F)c(F)c2F)(c2c(F)c(F)c(F)c(F)c2F)c2c(F)c(F)c(F)c(F)c2F)c(F)c1F.O=S(=O)([O-])C(F)(F)F. The third kappa shape index (κ3) is 13.4. The molecular formula is C53H42BF23O5SZr. The largest absolute Gasteiger partial charge is 0.741 e. The molecule has 0 saturated heterocycles. The van der Waals surface area contributed by atoms with Gasteiger partial charge in [-0.15, -0.1) is 21.9 Å². The van der Waals surface area contributed by atoms with Crippen LogP contribution in [-0.2, 0) is 55.9 Å². The van der Waals surface area contributed by atoms with Gasteiger partial charge in [-0.1, -0.05) is 0 Å². The van der Waals surface area contributed by atoms with E-state index in [2.05, 4.69) is 119 Å². The molecule has 6 aromatic rings. The molecule has 0 aliphatic heterocycles. The Kier molecular flexibility index (Phi) is 20.6. The van der Waals surface area contributed by atoms with Gasteiger partial charge in [0.25, 0.3) is 0 Å². The number of benzene rings is 6. The van der Waals surface area contributed by atoms with Crippen LogP contribution in [0.2, 0.25) is 0 Å². The Labute approximate surface area is 476 Å². The molecule has 0 saturated carbocycles. The zero-order valence-electron chi connectivity index (χ0n) is 45.2. The molecule has 5 nitrogen and oxygen atoms in total. The van der Waals surface area contributed by atoms with Crippen molar-refractivity contribution >= 4 is 38.1 Å². The van der Waals surface area contributed by atoms with Crippen molar-refractivity contribution in [3.8, 4) is 11.5 Å². The van der Waals surface area contributed by atoms with Crippen LogP contribution in [0.25, 0.3) is 0 Å². The van der Waals surface area contributed by atoms with Crippen molar-refractivity contribution in [1.82, 2.24) is 0 Å². The molecule has 31 heteroatoms. The van der Waals surface area contributed by atoms with E-state index in [1.165, 1.54) is 22.3 Å². The Balaban J connectivity index is 0.000000335. The summed E-state index contributed by atoms with van der Waals surface area (Å²) in [6.07, 6.45) is -7.22. The summed E-state index contributed by atoms with van der Waals surface area (Å²) in [5.41, 5.74) is -14.7. The topological polar surface area (TPSA) is 75.7 Å². The van der Waals surface area contributed by atoms with Crippen LogP contribution in [0.4, 0.5) is 101 Å². The third-order valence-electron chi connectivity index (χ3n) is 12.6. The second-order valence-corrected chi connectivity index (χ2v) is 25.2. The summed E-state index contributed by atoms with van der Waals surface area (Å²) in [6.45, 7) is 26.9. The molecule has 6 rings (SSSR count). The Hall–Kier alpha value is -5.83. The second kappa shape index (κ2) is 24.5. The van der Waals surface area contributed by atoms with Crippen molar-refractivity contribution in [2.24, 2.45) is 0 Å². The maximum absolute atomic E-state index is 15.4. The van der Waals surface area contributed by atoms with Crippen LogP contribution in [0, 0.1) is 116 Å².